The third-order valence-electron chi connectivity index (χ3n) is 2.55. The zero-order valence-corrected chi connectivity index (χ0v) is 11.3. The van der Waals surface area contributed by atoms with E-state index in [0.29, 0.717) is 6.04 Å². The molecule has 0 amide bonds. The number of terminal acetylenes is 1. The Hall–Kier alpha value is -0.780. The van der Waals surface area contributed by atoms with Crippen molar-refractivity contribution in [2.75, 3.05) is 6.54 Å². The Labute approximate surface area is 107 Å². The molecule has 0 aliphatic rings. The molecule has 0 aliphatic carbocycles. The number of likely N-dealkylation sites (N-methyl/N-ethyl adjacent to an activating group) is 1. The minimum absolute atomic E-state index is 0.472. The highest BCUT2D eigenvalue weighted by atomic mass is 79.9. The molecular weight excluding hydrogens is 262 g/mol. The van der Waals surface area contributed by atoms with Crippen LogP contribution in [0.3, 0.4) is 0 Å². The van der Waals surface area contributed by atoms with Crippen molar-refractivity contribution in [3.63, 3.8) is 0 Å². The Morgan fingerprint density at radius 2 is 2.19 bits per heavy atom. The summed E-state index contributed by atoms with van der Waals surface area (Å²) in [4.78, 5) is 0. The fraction of sp³-hybridized carbons (Fsp3) is 0.429. The first-order chi connectivity index (χ1) is 7.77. The average Bonchev–Trinajstić information content (AvgIpc) is 2.29. The van der Waals surface area contributed by atoms with Crippen LogP contribution < -0.4 is 5.32 Å². The second kappa shape index (κ2) is 7.49. The highest BCUT2D eigenvalue weighted by Crippen LogP contribution is 2.18. The van der Waals surface area contributed by atoms with Crippen molar-refractivity contribution in [2.45, 2.75) is 32.2 Å². The van der Waals surface area contributed by atoms with Crippen LogP contribution in [0, 0.1) is 12.3 Å². The van der Waals surface area contributed by atoms with Gasteiger partial charge in [-0.05, 0) is 31.0 Å². The molecule has 1 atom stereocenters. The van der Waals surface area contributed by atoms with E-state index in [4.69, 9.17) is 6.42 Å². The van der Waals surface area contributed by atoms with E-state index in [9.17, 15) is 0 Å². The number of rotatable bonds is 6. The number of hydrogen-bond donors (Lipinski definition) is 1. The molecule has 0 heterocycles. The van der Waals surface area contributed by atoms with Crippen LogP contribution in [-0.2, 0) is 6.42 Å². The molecule has 1 N–H and O–H groups in total. The van der Waals surface area contributed by atoms with Gasteiger partial charge >= 0.3 is 0 Å². The molecule has 1 aromatic rings. The van der Waals surface area contributed by atoms with Crippen molar-refractivity contribution < 1.29 is 0 Å². The van der Waals surface area contributed by atoms with Gasteiger partial charge in [-0.15, -0.1) is 12.3 Å². The average molecular weight is 280 g/mol. The molecule has 0 saturated heterocycles. The number of benzene rings is 1. The first-order valence-electron chi connectivity index (χ1n) is 5.68. The number of halogens is 1. The molecule has 1 nitrogen and oxygen atoms in total. The highest BCUT2D eigenvalue weighted by Gasteiger charge is 2.09. The molecule has 0 bridgehead atoms. The van der Waals surface area contributed by atoms with Gasteiger partial charge in [-0.1, -0.05) is 41.1 Å². The Kier molecular flexibility index (Phi) is 6.22. The van der Waals surface area contributed by atoms with E-state index >= 15 is 0 Å². The Balaban J connectivity index is 2.60. The van der Waals surface area contributed by atoms with E-state index in [1.807, 2.05) is 6.07 Å². The minimum Gasteiger partial charge on any atom is -0.314 e. The summed E-state index contributed by atoms with van der Waals surface area (Å²) in [5, 5.41) is 3.48. The number of nitrogens with one attached hydrogen (secondary N) is 1. The van der Waals surface area contributed by atoms with Crippen LogP contribution in [0.25, 0.3) is 0 Å². The fourth-order valence-electron chi connectivity index (χ4n) is 1.75. The molecule has 0 aliphatic heterocycles. The Morgan fingerprint density at radius 1 is 1.44 bits per heavy atom. The molecule has 0 spiro atoms. The lowest BCUT2D eigenvalue weighted by Crippen LogP contribution is -2.30. The van der Waals surface area contributed by atoms with Gasteiger partial charge in [0.2, 0.25) is 0 Å². The van der Waals surface area contributed by atoms with E-state index in [0.717, 1.165) is 25.8 Å². The van der Waals surface area contributed by atoms with Crippen molar-refractivity contribution in [3.8, 4) is 12.3 Å². The first kappa shape index (κ1) is 13.3. The van der Waals surface area contributed by atoms with Gasteiger partial charge in [0.1, 0.15) is 0 Å². The van der Waals surface area contributed by atoms with Crippen molar-refractivity contribution in [2.24, 2.45) is 0 Å². The van der Waals surface area contributed by atoms with Crippen molar-refractivity contribution in [1.29, 1.82) is 0 Å². The maximum atomic E-state index is 5.31. The van der Waals surface area contributed by atoms with Crippen LogP contribution in [0.5, 0.6) is 0 Å². The van der Waals surface area contributed by atoms with Gasteiger partial charge in [0.15, 0.2) is 0 Å². The molecule has 1 aromatic carbocycles. The van der Waals surface area contributed by atoms with Crippen molar-refractivity contribution >= 4 is 15.9 Å². The summed E-state index contributed by atoms with van der Waals surface area (Å²) in [6.45, 7) is 3.11. The standard InChI is InChI=1S/C14H18BrN/c1-3-5-9-13(16-4-2)11-12-8-6-7-10-14(12)15/h1,6-8,10,13,16H,4-5,9,11H2,2H3. The molecule has 1 unspecified atom stereocenters. The van der Waals surface area contributed by atoms with Gasteiger partial charge in [-0.3, -0.25) is 0 Å². The number of hydrogen-bond acceptors (Lipinski definition) is 1. The molecule has 1 rings (SSSR count). The van der Waals surface area contributed by atoms with E-state index in [2.05, 4.69) is 52.3 Å². The first-order valence-corrected chi connectivity index (χ1v) is 6.47. The predicted molar refractivity (Wildman–Crippen MR) is 73.4 cm³/mol. The van der Waals surface area contributed by atoms with Gasteiger partial charge < -0.3 is 5.32 Å². The van der Waals surface area contributed by atoms with Crippen LogP contribution in [0.2, 0.25) is 0 Å². The largest absolute Gasteiger partial charge is 0.314 e. The summed E-state index contributed by atoms with van der Waals surface area (Å²) in [5.41, 5.74) is 1.34. The zero-order chi connectivity index (χ0) is 11.8. The SMILES string of the molecule is C#CCCC(Cc1ccccc1Br)NCC. The second-order valence-corrected chi connectivity index (χ2v) is 4.65. The molecule has 0 fully saturated rings. The normalized spacial score (nSPS) is 12.1. The van der Waals surface area contributed by atoms with Crippen LogP contribution in [0.4, 0.5) is 0 Å². The Bertz CT molecular complexity index is 354. The summed E-state index contributed by atoms with van der Waals surface area (Å²) in [6.07, 6.45) is 8.20. The summed E-state index contributed by atoms with van der Waals surface area (Å²) in [7, 11) is 0. The van der Waals surface area contributed by atoms with Gasteiger partial charge in [0.25, 0.3) is 0 Å². The van der Waals surface area contributed by atoms with E-state index < -0.39 is 0 Å². The van der Waals surface area contributed by atoms with Crippen LogP contribution in [-0.4, -0.2) is 12.6 Å². The summed E-state index contributed by atoms with van der Waals surface area (Å²) < 4.78 is 1.18. The van der Waals surface area contributed by atoms with Crippen molar-refractivity contribution in [3.05, 3.63) is 34.3 Å². The van der Waals surface area contributed by atoms with Gasteiger partial charge in [-0.25, -0.2) is 0 Å². The van der Waals surface area contributed by atoms with Gasteiger partial charge in [0.05, 0.1) is 0 Å². The quantitative estimate of drug-likeness (QED) is 0.788. The van der Waals surface area contributed by atoms with Crippen LogP contribution >= 0.6 is 15.9 Å². The lowest BCUT2D eigenvalue weighted by Gasteiger charge is -2.17. The van der Waals surface area contributed by atoms with Crippen LogP contribution in [0.1, 0.15) is 25.3 Å². The molecule has 2 heteroatoms. The third-order valence-corrected chi connectivity index (χ3v) is 3.33. The molecule has 0 saturated carbocycles. The van der Waals surface area contributed by atoms with Gasteiger partial charge in [-0.2, -0.15) is 0 Å². The van der Waals surface area contributed by atoms with Crippen LogP contribution in [0.15, 0.2) is 28.7 Å². The molecule has 0 radical (unpaired) electrons. The predicted octanol–water partition coefficient (Wildman–Crippen LogP) is 3.38. The molecular formula is C14H18BrN. The van der Waals surface area contributed by atoms with E-state index in [1.165, 1.54) is 10.0 Å². The Morgan fingerprint density at radius 3 is 2.81 bits per heavy atom. The summed E-state index contributed by atoms with van der Waals surface area (Å²) in [6, 6.07) is 8.82. The maximum absolute atomic E-state index is 5.31. The molecule has 0 aromatic heterocycles. The van der Waals surface area contributed by atoms with Gasteiger partial charge in [0, 0.05) is 16.9 Å². The van der Waals surface area contributed by atoms with E-state index in [-0.39, 0.29) is 0 Å². The molecule has 16 heavy (non-hydrogen) atoms. The highest BCUT2D eigenvalue weighted by molar-refractivity contribution is 9.10. The minimum atomic E-state index is 0.472. The second-order valence-electron chi connectivity index (χ2n) is 3.79. The topological polar surface area (TPSA) is 12.0 Å². The fourth-order valence-corrected chi connectivity index (χ4v) is 2.20. The third kappa shape index (κ3) is 4.38. The molecule has 86 valence electrons. The lowest BCUT2D eigenvalue weighted by molar-refractivity contribution is 0.497. The smallest absolute Gasteiger partial charge is 0.0207 e. The lowest BCUT2D eigenvalue weighted by atomic mass is 10.0. The zero-order valence-electron chi connectivity index (χ0n) is 9.67. The summed E-state index contributed by atoms with van der Waals surface area (Å²) >= 11 is 3.58. The van der Waals surface area contributed by atoms with Crippen molar-refractivity contribution in [1.82, 2.24) is 5.32 Å². The van der Waals surface area contributed by atoms with E-state index in [1.54, 1.807) is 0 Å². The monoisotopic (exact) mass is 279 g/mol. The summed E-state index contributed by atoms with van der Waals surface area (Å²) in [5.74, 6) is 2.71. The maximum Gasteiger partial charge on any atom is 0.0207 e.